The molecule has 2 aromatic carbocycles. The van der Waals surface area contributed by atoms with E-state index in [4.69, 9.17) is 27.9 Å². The molecule has 1 aromatic heterocycles. The third kappa shape index (κ3) is 7.29. The highest BCUT2D eigenvalue weighted by molar-refractivity contribution is 7.12. The van der Waals surface area contributed by atoms with Crippen molar-refractivity contribution in [1.82, 2.24) is 14.7 Å². The van der Waals surface area contributed by atoms with Gasteiger partial charge in [0.05, 0.1) is 6.61 Å². The number of ether oxygens (including phenoxy) is 1. The maximum Gasteiger partial charge on any atom is 0.267 e. The van der Waals surface area contributed by atoms with Crippen LogP contribution in [0.25, 0.3) is 11.1 Å². The topological polar surface area (TPSA) is 36.0 Å². The van der Waals surface area contributed by atoms with Crippen LogP contribution in [0.2, 0.25) is 10.0 Å². The SMILES string of the molecule is CCCCOc1ccsc1C(=O)N1CCC(N2CCN([C@@H](C)c3ccc(-c4cc(Cl)cc(Cl)c4)cc3)[C@H](C)C2)CC1. The van der Waals surface area contributed by atoms with Gasteiger partial charge in [0, 0.05) is 60.9 Å². The quantitative estimate of drug-likeness (QED) is 0.227. The Morgan fingerprint density at radius 2 is 1.71 bits per heavy atom. The number of benzene rings is 2. The first-order valence-corrected chi connectivity index (χ1v) is 16.5. The average Bonchev–Trinajstić information content (AvgIpc) is 3.45. The van der Waals surface area contributed by atoms with Gasteiger partial charge in [-0.15, -0.1) is 11.3 Å². The highest BCUT2D eigenvalue weighted by atomic mass is 35.5. The third-order valence-electron chi connectivity index (χ3n) is 8.64. The van der Waals surface area contributed by atoms with Gasteiger partial charge in [-0.1, -0.05) is 60.8 Å². The molecule has 220 valence electrons. The fourth-order valence-electron chi connectivity index (χ4n) is 6.24. The number of carbonyl (C=O) groups is 1. The average molecular weight is 615 g/mol. The molecule has 0 aliphatic carbocycles. The van der Waals surface area contributed by atoms with Crippen LogP contribution in [0, 0.1) is 0 Å². The van der Waals surface area contributed by atoms with E-state index in [1.807, 2.05) is 28.5 Å². The standard InChI is InChI=1S/C33H41Cl2N3O2S/c1-4-5-17-40-31-12-18-41-32(31)33(39)36-13-10-30(11-14-36)37-15-16-38(23(2)22-37)24(3)25-6-8-26(9-7-25)27-19-28(34)21-29(35)20-27/h6-9,12,18-21,23-24,30H,4-5,10-11,13-17,22H2,1-3H3/t23-,24+/m1/s1. The van der Waals surface area contributed by atoms with Gasteiger partial charge in [-0.25, -0.2) is 0 Å². The number of piperazine rings is 1. The number of nitrogens with zero attached hydrogens (tertiary/aromatic N) is 3. The summed E-state index contributed by atoms with van der Waals surface area (Å²) < 4.78 is 5.89. The highest BCUT2D eigenvalue weighted by Gasteiger charge is 2.34. The number of thiophene rings is 1. The molecule has 1 amide bonds. The number of halogens is 2. The van der Waals surface area contributed by atoms with Crippen molar-refractivity contribution in [2.75, 3.05) is 39.3 Å². The van der Waals surface area contributed by atoms with Crippen LogP contribution in [0.15, 0.2) is 53.9 Å². The predicted molar refractivity (Wildman–Crippen MR) is 172 cm³/mol. The van der Waals surface area contributed by atoms with E-state index >= 15 is 0 Å². The molecule has 0 bridgehead atoms. The van der Waals surface area contributed by atoms with Crippen molar-refractivity contribution in [2.45, 2.75) is 64.6 Å². The fraction of sp³-hybridized carbons (Fsp3) is 0.485. The second kappa shape index (κ2) is 13.9. The summed E-state index contributed by atoms with van der Waals surface area (Å²) in [6.45, 7) is 12.3. The fourth-order valence-corrected chi connectivity index (χ4v) is 7.57. The Bertz CT molecular complexity index is 1290. The van der Waals surface area contributed by atoms with Crippen molar-refractivity contribution in [3.05, 3.63) is 74.4 Å². The number of amides is 1. The summed E-state index contributed by atoms with van der Waals surface area (Å²) in [5.74, 6) is 0.875. The molecular formula is C33H41Cl2N3O2S. The Kier molecular flexibility index (Phi) is 10.3. The van der Waals surface area contributed by atoms with Crippen LogP contribution in [0.3, 0.4) is 0 Å². The summed E-state index contributed by atoms with van der Waals surface area (Å²) in [6, 6.07) is 17.7. The van der Waals surface area contributed by atoms with Crippen LogP contribution >= 0.6 is 34.5 Å². The first kappa shape index (κ1) is 30.4. The van der Waals surface area contributed by atoms with Crippen molar-refractivity contribution < 1.29 is 9.53 Å². The third-order valence-corrected chi connectivity index (χ3v) is 9.96. The Morgan fingerprint density at radius 1 is 1.00 bits per heavy atom. The maximum atomic E-state index is 13.3. The molecule has 5 nitrogen and oxygen atoms in total. The summed E-state index contributed by atoms with van der Waals surface area (Å²) in [7, 11) is 0. The molecule has 0 saturated carbocycles. The number of rotatable bonds is 9. The number of hydrogen-bond donors (Lipinski definition) is 0. The second-order valence-electron chi connectivity index (χ2n) is 11.4. The minimum atomic E-state index is 0.126. The van der Waals surface area contributed by atoms with Gasteiger partial charge in [-0.2, -0.15) is 0 Å². The normalized spacial score (nSPS) is 19.8. The van der Waals surface area contributed by atoms with E-state index in [1.54, 1.807) is 6.07 Å². The van der Waals surface area contributed by atoms with Crippen LogP contribution in [0.4, 0.5) is 0 Å². The molecule has 0 unspecified atom stereocenters. The molecule has 5 rings (SSSR count). The number of unbranched alkanes of at least 4 members (excludes halogenated alkanes) is 1. The summed E-state index contributed by atoms with van der Waals surface area (Å²) >= 11 is 13.9. The van der Waals surface area contributed by atoms with Gasteiger partial charge in [0.2, 0.25) is 0 Å². The molecule has 41 heavy (non-hydrogen) atoms. The van der Waals surface area contributed by atoms with Crippen molar-refractivity contribution in [3.63, 3.8) is 0 Å². The molecule has 0 N–H and O–H groups in total. The molecule has 2 atom stereocenters. The molecule has 0 radical (unpaired) electrons. The first-order chi connectivity index (χ1) is 19.8. The van der Waals surface area contributed by atoms with Crippen molar-refractivity contribution >= 4 is 40.4 Å². The number of likely N-dealkylation sites (tertiary alicyclic amines) is 1. The van der Waals surface area contributed by atoms with Gasteiger partial charge in [0.1, 0.15) is 10.6 Å². The van der Waals surface area contributed by atoms with Crippen molar-refractivity contribution in [2.24, 2.45) is 0 Å². The minimum Gasteiger partial charge on any atom is -0.492 e. The van der Waals surface area contributed by atoms with E-state index < -0.39 is 0 Å². The lowest BCUT2D eigenvalue weighted by atomic mass is 9.97. The van der Waals surface area contributed by atoms with Crippen molar-refractivity contribution in [3.8, 4) is 16.9 Å². The van der Waals surface area contributed by atoms with Crippen LogP contribution in [-0.4, -0.2) is 72.0 Å². The van der Waals surface area contributed by atoms with Crippen LogP contribution < -0.4 is 4.74 Å². The van der Waals surface area contributed by atoms with Gasteiger partial charge in [-0.05, 0) is 79.4 Å². The monoisotopic (exact) mass is 613 g/mol. The first-order valence-electron chi connectivity index (χ1n) is 14.9. The zero-order valence-electron chi connectivity index (χ0n) is 24.3. The van der Waals surface area contributed by atoms with E-state index in [0.29, 0.717) is 34.8 Å². The number of piperidine rings is 1. The Balaban J connectivity index is 1.13. The van der Waals surface area contributed by atoms with Gasteiger partial charge in [0.15, 0.2) is 0 Å². The zero-order chi connectivity index (χ0) is 28.9. The van der Waals surface area contributed by atoms with E-state index in [9.17, 15) is 4.79 Å². The van der Waals surface area contributed by atoms with E-state index in [2.05, 4.69) is 54.8 Å². The smallest absolute Gasteiger partial charge is 0.267 e. The number of carbonyl (C=O) groups excluding carboxylic acids is 1. The molecule has 2 fully saturated rings. The molecule has 2 saturated heterocycles. The van der Waals surface area contributed by atoms with Crippen LogP contribution in [-0.2, 0) is 0 Å². The molecule has 2 aliphatic heterocycles. The lowest BCUT2D eigenvalue weighted by Gasteiger charge is -2.47. The van der Waals surface area contributed by atoms with E-state index in [0.717, 1.165) is 80.2 Å². The predicted octanol–water partition coefficient (Wildman–Crippen LogP) is 8.27. The molecule has 2 aliphatic rings. The zero-order valence-corrected chi connectivity index (χ0v) is 26.6. The van der Waals surface area contributed by atoms with Gasteiger partial charge in [0.25, 0.3) is 5.91 Å². The number of hydrogen-bond acceptors (Lipinski definition) is 5. The summed E-state index contributed by atoms with van der Waals surface area (Å²) in [5.41, 5.74) is 3.47. The maximum absolute atomic E-state index is 13.3. The second-order valence-corrected chi connectivity index (χ2v) is 13.2. The molecule has 8 heteroatoms. The highest BCUT2D eigenvalue weighted by Crippen LogP contribution is 2.32. The lowest BCUT2D eigenvalue weighted by molar-refractivity contribution is 0.0135. The summed E-state index contributed by atoms with van der Waals surface area (Å²) in [4.78, 5) is 21.3. The molecule has 0 spiro atoms. The van der Waals surface area contributed by atoms with Crippen molar-refractivity contribution in [1.29, 1.82) is 0 Å². The Labute approximate surface area is 259 Å². The summed E-state index contributed by atoms with van der Waals surface area (Å²) in [5, 5.41) is 3.27. The van der Waals surface area contributed by atoms with Crippen LogP contribution in [0.1, 0.15) is 67.7 Å². The van der Waals surface area contributed by atoms with Gasteiger partial charge >= 0.3 is 0 Å². The van der Waals surface area contributed by atoms with Gasteiger partial charge in [-0.3, -0.25) is 14.6 Å². The largest absolute Gasteiger partial charge is 0.492 e. The Morgan fingerprint density at radius 3 is 2.37 bits per heavy atom. The molecule has 3 aromatic rings. The minimum absolute atomic E-state index is 0.126. The summed E-state index contributed by atoms with van der Waals surface area (Å²) in [6.07, 6.45) is 4.15. The van der Waals surface area contributed by atoms with Gasteiger partial charge < -0.3 is 9.64 Å². The van der Waals surface area contributed by atoms with Crippen LogP contribution in [0.5, 0.6) is 5.75 Å². The molecular weight excluding hydrogens is 573 g/mol. The molecule has 3 heterocycles. The Hall–Kier alpha value is -2.09. The lowest BCUT2D eigenvalue weighted by Crippen LogP contribution is -2.57. The van der Waals surface area contributed by atoms with E-state index in [1.165, 1.54) is 16.9 Å². The van der Waals surface area contributed by atoms with E-state index in [-0.39, 0.29) is 5.91 Å².